The number of benzene rings is 1. The number of allylic oxidation sites excluding steroid dienone is 2. The highest BCUT2D eigenvalue weighted by molar-refractivity contribution is 5.73. The molecule has 1 aromatic rings. The lowest BCUT2D eigenvalue weighted by Gasteiger charge is -2.12. The third-order valence-corrected chi connectivity index (χ3v) is 2.92. The number of hydrogen-bond donors (Lipinski definition) is 0. The number of carbonyl (C=O) groups is 1. The third-order valence-electron chi connectivity index (χ3n) is 2.92. The van der Waals surface area contributed by atoms with Crippen molar-refractivity contribution in [1.82, 2.24) is 0 Å². The molecule has 0 saturated heterocycles. The van der Waals surface area contributed by atoms with Gasteiger partial charge in [-0.25, -0.2) is 0 Å². The van der Waals surface area contributed by atoms with Crippen LogP contribution in [0.15, 0.2) is 35.9 Å². The summed E-state index contributed by atoms with van der Waals surface area (Å²) in [4.78, 5) is 10.8. The van der Waals surface area contributed by atoms with E-state index in [2.05, 4.69) is 44.2 Å². The van der Waals surface area contributed by atoms with Gasteiger partial charge in [-0.15, -0.1) is 0 Å². The van der Waals surface area contributed by atoms with Gasteiger partial charge in [-0.2, -0.15) is 0 Å². The van der Waals surface area contributed by atoms with Crippen molar-refractivity contribution in [2.45, 2.75) is 39.5 Å². The topological polar surface area (TPSA) is 17.1 Å². The van der Waals surface area contributed by atoms with Crippen LogP contribution in [0.4, 0.5) is 0 Å². The minimum Gasteiger partial charge on any atom is -0.298 e. The van der Waals surface area contributed by atoms with Gasteiger partial charge in [-0.3, -0.25) is 4.79 Å². The fourth-order valence-corrected chi connectivity index (χ4v) is 1.76. The summed E-state index contributed by atoms with van der Waals surface area (Å²) in [6.07, 6.45) is 4.90. The smallest absolute Gasteiger partial charge is 0.145 e. The number of hydrogen-bond acceptors (Lipinski definition) is 1. The van der Waals surface area contributed by atoms with Crippen LogP contribution in [0.1, 0.15) is 43.7 Å². The van der Waals surface area contributed by atoms with E-state index in [0.29, 0.717) is 5.92 Å². The Morgan fingerprint density at radius 3 is 2.31 bits per heavy atom. The van der Waals surface area contributed by atoms with Crippen LogP contribution in [0.3, 0.4) is 0 Å². The third kappa shape index (κ3) is 3.34. The molecule has 0 heterocycles. The summed E-state index contributed by atoms with van der Waals surface area (Å²) in [5.41, 5.74) is 3.46. The van der Waals surface area contributed by atoms with Gasteiger partial charge in [-0.1, -0.05) is 49.8 Å². The van der Waals surface area contributed by atoms with Crippen molar-refractivity contribution in [3.05, 3.63) is 47.0 Å². The molecule has 0 radical (unpaired) electrons. The van der Waals surface area contributed by atoms with Crippen LogP contribution in [0, 0.1) is 6.92 Å². The van der Waals surface area contributed by atoms with Gasteiger partial charge in [0.05, 0.1) is 0 Å². The molecular weight excluding hydrogens is 196 g/mol. The summed E-state index contributed by atoms with van der Waals surface area (Å²) < 4.78 is 0. The van der Waals surface area contributed by atoms with Crippen LogP contribution in [-0.4, -0.2) is 6.29 Å². The van der Waals surface area contributed by atoms with Crippen LogP contribution >= 0.6 is 0 Å². The highest BCUT2D eigenvalue weighted by Crippen LogP contribution is 2.23. The molecule has 0 aliphatic rings. The van der Waals surface area contributed by atoms with Crippen LogP contribution in [0.5, 0.6) is 0 Å². The first-order valence-electron chi connectivity index (χ1n) is 5.93. The summed E-state index contributed by atoms with van der Waals surface area (Å²) in [5.74, 6) is 0.362. The van der Waals surface area contributed by atoms with Crippen molar-refractivity contribution in [2.24, 2.45) is 0 Å². The molecule has 86 valence electrons. The number of aldehydes is 1. The molecule has 0 spiro atoms. The molecule has 1 rings (SSSR count). The molecule has 0 N–H and O–H groups in total. The Balaban J connectivity index is 2.94. The van der Waals surface area contributed by atoms with Gasteiger partial charge in [0.2, 0.25) is 0 Å². The first-order chi connectivity index (χ1) is 7.71. The van der Waals surface area contributed by atoms with Crippen LogP contribution < -0.4 is 0 Å². The van der Waals surface area contributed by atoms with Gasteiger partial charge < -0.3 is 0 Å². The second kappa shape index (κ2) is 6.26. The van der Waals surface area contributed by atoms with E-state index < -0.39 is 0 Å². The predicted molar refractivity (Wildman–Crippen MR) is 68.6 cm³/mol. The minimum atomic E-state index is 0.362. The molecule has 1 heteroatoms. The van der Waals surface area contributed by atoms with Gasteiger partial charge in [0.15, 0.2) is 0 Å². The Morgan fingerprint density at radius 2 is 1.88 bits per heavy atom. The van der Waals surface area contributed by atoms with Crippen molar-refractivity contribution < 1.29 is 4.79 Å². The molecule has 0 aliphatic heterocycles. The van der Waals surface area contributed by atoms with Gasteiger partial charge >= 0.3 is 0 Å². The van der Waals surface area contributed by atoms with Crippen LogP contribution in [-0.2, 0) is 4.79 Å². The lowest BCUT2D eigenvalue weighted by Crippen LogP contribution is -1.96. The summed E-state index contributed by atoms with van der Waals surface area (Å²) in [6, 6.07) is 8.55. The Labute approximate surface area is 98.2 Å². The van der Waals surface area contributed by atoms with Gasteiger partial charge in [0, 0.05) is 5.92 Å². The van der Waals surface area contributed by atoms with E-state index in [-0.39, 0.29) is 0 Å². The first-order valence-corrected chi connectivity index (χ1v) is 5.93. The Kier molecular flexibility index (Phi) is 4.97. The van der Waals surface area contributed by atoms with E-state index in [9.17, 15) is 4.79 Å². The highest BCUT2D eigenvalue weighted by Gasteiger charge is 2.06. The van der Waals surface area contributed by atoms with E-state index in [0.717, 1.165) is 24.7 Å². The van der Waals surface area contributed by atoms with Gasteiger partial charge in [-0.05, 0) is 30.9 Å². The molecular formula is C15H20O. The van der Waals surface area contributed by atoms with Crippen molar-refractivity contribution in [3.63, 3.8) is 0 Å². The maximum Gasteiger partial charge on any atom is 0.145 e. The summed E-state index contributed by atoms with van der Waals surface area (Å²) >= 11 is 0. The normalized spacial score (nSPS) is 13.6. The number of carbonyl (C=O) groups excluding carboxylic acids is 1. The largest absolute Gasteiger partial charge is 0.298 e. The summed E-state index contributed by atoms with van der Waals surface area (Å²) in [7, 11) is 0. The quantitative estimate of drug-likeness (QED) is 0.536. The van der Waals surface area contributed by atoms with Crippen molar-refractivity contribution in [2.75, 3.05) is 0 Å². The molecule has 1 nitrogen and oxygen atoms in total. The number of rotatable bonds is 5. The zero-order valence-electron chi connectivity index (χ0n) is 10.4. The van der Waals surface area contributed by atoms with Crippen molar-refractivity contribution >= 4 is 6.29 Å². The van der Waals surface area contributed by atoms with Gasteiger partial charge in [0.1, 0.15) is 6.29 Å². The lowest BCUT2D eigenvalue weighted by molar-refractivity contribution is -0.105. The Hall–Kier alpha value is -1.37. The zero-order chi connectivity index (χ0) is 12.0. The fourth-order valence-electron chi connectivity index (χ4n) is 1.76. The Morgan fingerprint density at radius 1 is 1.25 bits per heavy atom. The lowest BCUT2D eigenvalue weighted by atomic mass is 9.93. The predicted octanol–water partition coefficient (Wildman–Crippen LogP) is 4.02. The van der Waals surface area contributed by atoms with Crippen LogP contribution in [0.25, 0.3) is 0 Å². The van der Waals surface area contributed by atoms with E-state index in [1.54, 1.807) is 0 Å². The summed E-state index contributed by atoms with van der Waals surface area (Å²) in [5, 5.41) is 0. The molecule has 0 amide bonds. The average Bonchev–Trinajstić information content (AvgIpc) is 2.32. The van der Waals surface area contributed by atoms with Crippen LogP contribution in [0.2, 0.25) is 0 Å². The molecule has 16 heavy (non-hydrogen) atoms. The molecule has 0 fully saturated rings. The van der Waals surface area contributed by atoms with E-state index >= 15 is 0 Å². The first kappa shape index (κ1) is 12.7. The number of aryl methyl sites for hydroxylation is 1. The summed E-state index contributed by atoms with van der Waals surface area (Å²) in [6.45, 7) is 6.25. The maximum atomic E-state index is 10.8. The average molecular weight is 216 g/mol. The maximum absolute atomic E-state index is 10.8. The fraction of sp³-hybridized carbons (Fsp3) is 0.400. The molecule has 0 bridgehead atoms. The standard InChI is InChI=1S/C15H20O/c1-4-13(11-16)10-14(5-2)15-8-6-12(3)7-9-15/h6-11,14H,4-5H2,1-3H3/b13-10+. The molecule has 0 aliphatic carbocycles. The molecule has 0 saturated carbocycles. The molecule has 1 atom stereocenters. The van der Waals surface area contributed by atoms with Gasteiger partial charge in [0.25, 0.3) is 0 Å². The molecule has 0 aromatic heterocycles. The second-order valence-electron chi connectivity index (χ2n) is 4.14. The minimum absolute atomic E-state index is 0.362. The van der Waals surface area contributed by atoms with E-state index in [4.69, 9.17) is 0 Å². The zero-order valence-corrected chi connectivity index (χ0v) is 10.4. The Bertz CT molecular complexity index is 360. The van der Waals surface area contributed by atoms with E-state index in [1.165, 1.54) is 11.1 Å². The highest BCUT2D eigenvalue weighted by atomic mass is 16.1. The monoisotopic (exact) mass is 216 g/mol. The second-order valence-corrected chi connectivity index (χ2v) is 4.14. The SMILES string of the molecule is CC/C(C=O)=C\C(CC)c1ccc(C)cc1. The van der Waals surface area contributed by atoms with E-state index in [1.807, 2.05) is 6.92 Å². The molecule has 1 unspecified atom stereocenters. The molecule has 1 aromatic carbocycles. The van der Waals surface area contributed by atoms with Crippen molar-refractivity contribution in [3.8, 4) is 0 Å². The van der Waals surface area contributed by atoms with Crippen molar-refractivity contribution in [1.29, 1.82) is 0 Å².